The number of alkyl halides is 1. The van der Waals surface area contributed by atoms with Crippen LogP contribution in [0.5, 0.6) is 0 Å². The molecule has 1 aliphatic heterocycles. The summed E-state index contributed by atoms with van der Waals surface area (Å²) in [5.41, 5.74) is 5.94. The number of rotatable bonds is 4. The lowest BCUT2D eigenvalue weighted by atomic mass is 10.1. The van der Waals surface area contributed by atoms with E-state index in [0.717, 1.165) is 28.0 Å². The maximum atomic E-state index is 15.1. The molecule has 0 spiro atoms. The zero-order valence-electron chi connectivity index (χ0n) is 15.2. The van der Waals surface area contributed by atoms with Crippen molar-refractivity contribution in [3.05, 3.63) is 52.8 Å². The molecule has 0 bridgehead atoms. The summed E-state index contributed by atoms with van der Waals surface area (Å²) in [4.78, 5) is 11.0. The average Bonchev–Trinajstić information content (AvgIpc) is 3.05. The van der Waals surface area contributed by atoms with Gasteiger partial charge in [0.2, 0.25) is 0 Å². The minimum atomic E-state index is -1.21. The van der Waals surface area contributed by atoms with Crippen molar-refractivity contribution in [3.63, 3.8) is 0 Å². The Kier molecular flexibility index (Phi) is 5.21. The number of pyridine rings is 1. The zero-order chi connectivity index (χ0) is 19.0. The summed E-state index contributed by atoms with van der Waals surface area (Å²) in [6.45, 7) is 3.16. The molecule has 27 heavy (non-hydrogen) atoms. The summed E-state index contributed by atoms with van der Waals surface area (Å²) in [6, 6.07) is 8.11. The second kappa shape index (κ2) is 7.61. The number of halogens is 1. The standard InChI is InChI=1S/C19H21FN4OS2/c1-12(13-3-4-19-18(7-13)22-11-26-19)24-6-5-17-15(16(20)10-24)8-14(9-21-17)23-27(2)25/h3-4,7-9,11-12,16,23H,5-6,10H2,1-2H3. The van der Waals surface area contributed by atoms with Crippen LogP contribution in [0.3, 0.4) is 0 Å². The molecule has 2 aromatic heterocycles. The number of hydrogen-bond acceptors (Lipinski definition) is 5. The fourth-order valence-electron chi connectivity index (χ4n) is 3.55. The minimum absolute atomic E-state index is 0.0874. The van der Waals surface area contributed by atoms with Crippen molar-refractivity contribution in [2.45, 2.75) is 25.6 Å². The van der Waals surface area contributed by atoms with Gasteiger partial charge in [-0.05, 0) is 30.7 Å². The van der Waals surface area contributed by atoms with Gasteiger partial charge >= 0.3 is 0 Å². The first-order valence-electron chi connectivity index (χ1n) is 8.81. The van der Waals surface area contributed by atoms with Gasteiger partial charge in [-0.3, -0.25) is 9.88 Å². The van der Waals surface area contributed by atoms with Gasteiger partial charge in [-0.1, -0.05) is 6.07 Å². The second-order valence-corrected chi connectivity index (χ2v) is 8.78. The smallest absolute Gasteiger partial charge is 0.140 e. The summed E-state index contributed by atoms with van der Waals surface area (Å²) in [7, 11) is -1.21. The first-order valence-corrected chi connectivity index (χ1v) is 11.2. The van der Waals surface area contributed by atoms with E-state index in [0.29, 0.717) is 24.2 Å². The Labute approximate surface area is 164 Å². The maximum Gasteiger partial charge on any atom is 0.140 e. The summed E-state index contributed by atoms with van der Waals surface area (Å²) in [5, 5.41) is 0. The van der Waals surface area contributed by atoms with Crippen molar-refractivity contribution in [3.8, 4) is 0 Å². The van der Waals surface area contributed by atoms with Gasteiger partial charge in [-0.2, -0.15) is 0 Å². The number of aromatic nitrogens is 2. The van der Waals surface area contributed by atoms with E-state index < -0.39 is 17.2 Å². The molecule has 0 amide bonds. The molecule has 1 aliphatic rings. The lowest BCUT2D eigenvalue weighted by molar-refractivity contribution is 0.161. The monoisotopic (exact) mass is 404 g/mol. The Balaban J connectivity index is 1.56. The van der Waals surface area contributed by atoms with Gasteiger partial charge < -0.3 is 4.72 Å². The molecule has 0 saturated heterocycles. The van der Waals surface area contributed by atoms with E-state index in [2.05, 4.69) is 44.7 Å². The first-order chi connectivity index (χ1) is 13.0. The molecule has 3 atom stereocenters. The third-order valence-corrected chi connectivity index (χ3v) is 6.35. The van der Waals surface area contributed by atoms with Crippen LogP contribution in [0, 0.1) is 0 Å². The molecule has 3 aromatic rings. The summed E-state index contributed by atoms with van der Waals surface area (Å²) in [6.07, 6.45) is 2.73. The molecule has 0 fully saturated rings. The van der Waals surface area contributed by atoms with E-state index in [4.69, 9.17) is 0 Å². The first kappa shape index (κ1) is 18.5. The van der Waals surface area contributed by atoms with E-state index in [9.17, 15) is 4.21 Å². The molecule has 142 valence electrons. The van der Waals surface area contributed by atoms with Crippen LogP contribution in [0.25, 0.3) is 10.2 Å². The highest BCUT2D eigenvalue weighted by atomic mass is 32.2. The highest BCUT2D eigenvalue weighted by Gasteiger charge is 2.27. The molecule has 3 heterocycles. The zero-order valence-corrected chi connectivity index (χ0v) is 16.8. The Morgan fingerprint density at radius 1 is 1.37 bits per heavy atom. The van der Waals surface area contributed by atoms with Gasteiger partial charge in [-0.25, -0.2) is 13.6 Å². The van der Waals surface area contributed by atoms with Crippen LogP contribution in [-0.2, 0) is 17.4 Å². The fraction of sp³-hybridized carbons (Fsp3) is 0.368. The van der Waals surface area contributed by atoms with E-state index in [-0.39, 0.29) is 6.04 Å². The maximum absolute atomic E-state index is 15.1. The highest BCUT2D eigenvalue weighted by Crippen LogP contribution is 2.32. The van der Waals surface area contributed by atoms with Crippen molar-refractivity contribution in [2.24, 2.45) is 0 Å². The number of nitrogens with one attached hydrogen (secondary N) is 1. The molecule has 3 unspecified atom stereocenters. The van der Waals surface area contributed by atoms with E-state index in [1.807, 2.05) is 5.51 Å². The topological polar surface area (TPSA) is 58.1 Å². The minimum Gasteiger partial charge on any atom is -0.304 e. The van der Waals surface area contributed by atoms with Gasteiger partial charge in [0.05, 0.1) is 27.6 Å². The fourth-order valence-corrected chi connectivity index (χ4v) is 4.66. The number of thiazole rings is 1. The van der Waals surface area contributed by atoms with Gasteiger partial charge in [-0.15, -0.1) is 11.3 Å². The number of benzene rings is 1. The Bertz CT molecular complexity index is 993. The largest absolute Gasteiger partial charge is 0.304 e. The van der Waals surface area contributed by atoms with Crippen LogP contribution >= 0.6 is 11.3 Å². The third-order valence-electron chi connectivity index (χ3n) is 5.02. The lowest BCUT2D eigenvalue weighted by Crippen LogP contribution is -2.30. The van der Waals surface area contributed by atoms with Gasteiger partial charge in [0.15, 0.2) is 0 Å². The lowest BCUT2D eigenvalue weighted by Gasteiger charge is -2.28. The Morgan fingerprint density at radius 2 is 2.22 bits per heavy atom. The van der Waals surface area contributed by atoms with Gasteiger partial charge in [0, 0.05) is 43.1 Å². The molecule has 0 saturated carbocycles. The quantitative estimate of drug-likeness (QED) is 0.713. The highest BCUT2D eigenvalue weighted by molar-refractivity contribution is 7.85. The summed E-state index contributed by atoms with van der Waals surface area (Å²) < 4.78 is 30.4. The molecule has 8 heteroatoms. The normalized spacial score (nSPS) is 20.0. The van der Waals surface area contributed by atoms with Crippen LogP contribution in [0.1, 0.15) is 36.0 Å². The van der Waals surface area contributed by atoms with Crippen molar-refractivity contribution < 1.29 is 8.60 Å². The molecular formula is C19H21FN4OS2. The molecule has 0 radical (unpaired) electrons. The predicted octanol–water partition coefficient (Wildman–Crippen LogP) is 4.03. The van der Waals surface area contributed by atoms with Crippen molar-refractivity contribution in [2.75, 3.05) is 24.1 Å². The second-order valence-electron chi connectivity index (χ2n) is 6.78. The molecule has 5 nitrogen and oxygen atoms in total. The number of fused-ring (bicyclic) bond motifs is 2. The van der Waals surface area contributed by atoms with Crippen LogP contribution < -0.4 is 4.72 Å². The molecule has 4 rings (SSSR count). The van der Waals surface area contributed by atoms with Crippen molar-refractivity contribution >= 4 is 38.2 Å². The molecule has 1 N–H and O–H groups in total. The summed E-state index contributed by atoms with van der Waals surface area (Å²) >= 11 is 1.62. The van der Waals surface area contributed by atoms with Crippen LogP contribution in [-0.4, -0.2) is 38.4 Å². The third kappa shape index (κ3) is 3.88. The molecule has 1 aromatic carbocycles. The van der Waals surface area contributed by atoms with E-state index in [1.165, 1.54) is 0 Å². The van der Waals surface area contributed by atoms with Crippen LogP contribution in [0.2, 0.25) is 0 Å². The van der Waals surface area contributed by atoms with E-state index in [1.54, 1.807) is 29.9 Å². The van der Waals surface area contributed by atoms with Crippen molar-refractivity contribution in [1.29, 1.82) is 0 Å². The number of nitrogens with zero attached hydrogens (tertiary/aromatic N) is 3. The number of hydrogen-bond donors (Lipinski definition) is 1. The number of anilines is 1. The SMILES string of the molecule is CC(c1ccc2scnc2c1)N1CCc2ncc(NS(C)=O)cc2C(F)C1. The van der Waals surface area contributed by atoms with Gasteiger partial charge in [0.25, 0.3) is 0 Å². The average molecular weight is 405 g/mol. The summed E-state index contributed by atoms with van der Waals surface area (Å²) in [5.74, 6) is 0. The van der Waals surface area contributed by atoms with Crippen LogP contribution in [0.15, 0.2) is 36.0 Å². The van der Waals surface area contributed by atoms with Gasteiger partial charge in [0.1, 0.15) is 17.2 Å². The van der Waals surface area contributed by atoms with Crippen LogP contribution in [0.4, 0.5) is 10.1 Å². The predicted molar refractivity (Wildman–Crippen MR) is 109 cm³/mol. The Morgan fingerprint density at radius 3 is 3.04 bits per heavy atom. The molecule has 0 aliphatic carbocycles. The van der Waals surface area contributed by atoms with Crippen molar-refractivity contribution in [1.82, 2.24) is 14.9 Å². The Hall–Kier alpha value is -1.90. The molecular weight excluding hydrogens is 383 g/mol. The van der Waals surface area contributed by atoms with E-state index >= 15 is 4.39 Å².